The number of carbonyl (C=O) groups excluding carboxylic acids is 2. The first-order chi connectivity index (χ1) is 18.4. The van der Waals surface area contributed by atoms with Gasteiger partial charge in [0.2, 0.25) is 0 Å². The zero-order valence-electron chi connectivity index (χ0n) is 22.5. The van der Waals surface area contributed by atoms with E-state index in [2.05, 4.69) is 0 Å². The molecule has 0 aromatic heterocycles. The van der Waals surface area contributed by atoms with Crippen molar-refractivity contribution in [1.82, 2.24) is 0 Å². The van der Waals surface area contributed by atoms with Crippen LogP contribution in [0.25, 0.3) is 0 Å². The summed E-state index contributed by atoms with van der Waals surface area (Å²) in [6, 6.07) is 13.3. The average molecular weight is 518 g/mol. The molecule has 1 fully saturated rings. The molecule has 1 unspecified atom stereocenters. The maximum Gasteiger partial charge on any atom is 0.315 e. The van der Waals surface area contributed by atoms with Crippen molar-refractivity contribution in [2.75, 3.05) is 21.3 Å². The molecule has 7 heteroatoms. The Bertz CT molecular complexity index is 1270. The molecule has 1 heterocycles. The predicted octanol–water partition coefficient (Wildman–Crippen LogP) is 5.77. The van der Waals surface area contributed by atoms with Gasteiger partial charge in [0.25, 0.3) is 0 Å². The van der Waals surface area contributed by atoms with E-state index in [1.165, 1.54) is 0 Å². The number of carbonyl (C=O) groups is 2. The lowest BCUT2D eigenvalue weighted by Gasteiger charge is -2.37. The van der Waals surface area contributed by atoms with Crippen LogP contribution in [0.1, 0.15) is 68.4 Å². The molecule has 0 amide bonds. The SMILES string of the molecule is COc1ccc([C@H]2CC(=O)C3=C(C2)N=C(C)C(C(=O)OC2CCCC2)[C@@H]3c2cc(OC)ccc2OC)cc1. The van der Waals surface area contributed by atoms with Crippen LogP contribution in [-0.2, 0) is 14.3 Å². The Balaban J connectivity index is 1.58. The summed E-state index contributed by atoms with van der Waals surface area (Å²) in [5, 5.41) is 0. The zero-order chi connectivity index (χ0) is 26.8. The van der Waals surface area contributed by atoms with Crippen molar-refractivity contribution in [1.29, 1.82) is 0 Å². The third-order valence-electron chi connectivity index (χ3n) is 8.09. The molecular weight excluding hydrogens is 482 g/mol. The summed E-state index contributed by atoms with van der Waals surface area (Å²) in [4.78, 5) is 32.5. The average Bonchev–Trinajstić information content (AvgIpc) is 3.44. The minimum atomic E-state index is -0.711. The third-order valence-corrected chi connectivity index (χ3v) is 8.09. The monoisotopic (exact) mass is 517 g/mol. The fraction of sp³-hybridized carbons (Fsp3) is 0.452. The van der Waals surface area contributed by atoms with Crippen LogP contribution in [-0.4, -0.2) is 44.9 Å². The van der Waals surface area contributed by atoms with Gasteiger partial charge in [0.15, 0.2) is 5.78 Å². The van der Waals surface area contributed by atoms with Crippen LogP contribution in [0.15, 0.2) is 58.7 Å². The highest BCUT2D eigenvalue weighted by Crippen LogP contribution is 2.49. The molecule has 38 heavy (non-hydrogen) atoms. The molecule has 0 bridgehead atoms. The second kappa shape index (κ2) is 11.0. The van der Waals surface area contributed by atoms with Gasteiger partial charge in [-0.25, -0.2) is 0 Å². The van der Waals surface area contributed by atoms with Gasteiger partial charge in [-0.1, -0.05) is 12.1 Å². The molecule has 0 spiro atoms. The number of allylic oxidation sites excluding steroid dienone is 2. The van der Waals surface area contributed by atoms with E-state index >= 15 is 0 Å². The van der Waals surface area contributed by atoms with Crippen LogP contribution >= 0.6 is 0 Å². The Kier molecular flexibility index (Phi) is 7.54. The summed E-state index contributed by atoms with van der Waals surface area (Å²) < 4.78 is 22.5. The first-order valence-corrected chi connectivity index (χ1v) is 13.3. The van der Waals surface area contributed by atoms with Crippen molar-refractivity contribution in [2.24, 2.45) is 10.9 Å². The van der Waals surface area contributed by atoms with E-state index in [4.69, 9.17) is 23.9 Å². The summed E-state index contributed by atoms with van der Waals surface area (Å²) in [6.45, 7) is 1.87. The van der Waals surface area contributed by atoms with Gasteiger partial charge in [-0.2, -0.15) is 0 Å². The fourth-order valence-corrected chi connectivity index (χ4v) is 6.14. The molecule has 0 saturated heterocycles. The van der Waals surface area contributed by atoms with Gasteiger partial charge in [0.1, 0.15) is 29.3 Å². The number of ether oxygens (including phenoxy) is 4. The van der Waals surface area contributed by atoms with E-state index in [1.807, 2.05) is 49.4 Å². The molecule has 2 aliphatic carbocycles. The number of esters is 1. The highest BCUT2D eigenvalue weighted by atomic mass is 16.5. The van der Waals surface area contributed by atoms with Crippen LogP contribution in [0.3, 0.4) is 0 Å². The van der Waals surface area contributed by atoms with Crippen molar-refractivity contribution in [2.45, 2.75) is 63.4 Å². The molecular formula is C31H35NO6. The molecule has 7 nitrogen and oxygen atoms in total. The molecule has 5 rings (SSSR count). The van der Waals surface area contributed by atoms with Crippen molar-refractivity contribution >= 4 is 17.5 Å². The number of benzene rings is 2. The van der Waals surface area contributed by atoms with Crippen molar-refractivity contribution in [3.8, 4) is 17.2 Å². The highest BCUT2D eigenvalue weighted by Gasteiger charge is 2.46. The summed E-state index contributed by atoms with van der Waals surface area (Å²) in [6.07, 6.45) is 4.73. The summed E-state index contributed by atoms with van der Waals surface area (Å²) in [7, 11) is 4.83. The first-order valence-electron chi connectivity index (χ1n) is 13.3. The van der Waals surface area contributed by atoms with Crippen LogP contribution in [0.4, 0.5) is 0 Å². The number of Topliss-reactive ketones (excluding diaryl/α,β-unsaturated/α-hetero) is 1. The number of nitrogens with zero attached hydrogens (tertiary/aromatic N) is 1. The lowest BCUT2D eigenvalue weighted by molar-refractivity contribution is -0.151. The maximum atomic E-state index is 13.9. The number of hydrogen-bond donors (Lipinski definition) is 0. The van der Waals surface area contributed by atoms with Crippen LogP contribution in [0.5, 0.6) is 17.2 Å². The number of methoxy groups -OCH3 is 3. The predicted molar refractivity (Wildman–Crippen MR) is 144 cm³/mol. The topological polar surface area (TPSA) is 83.4 Å². The number of aliphatic imine (C=N–C) groups is 1. The second-order valence-electron chi connectivity index (χ2n) is 10.3. The van der Waals surface area contributed by atoms with E-state index in [1.54, 1.807) is 21.3 Å². The molecule has 2 aromatic carbocycles. The zero-order valence-corrected chi connectivity index (χ0v) is 22.5. The van der Waals surface area contributed by atoms with Crippen molar-refractivity contribution < 1.29 is 28.5 Å². The highest BCUT2D eigenvalue weighted by molar-refractivity contribution is 6.09. The number of hydrogen-bond acceptors (Lipinski definition) is 7. The molecule has 200 valence electrons. The lowest BCUT2D eigenvalue weighted by atomic mass is 9.69. The minimum absolute atomic E-state index is 0.00134. The minimum Gasteiger partial charge on any atom is -0.497 e. The lowest BCUT2D eigenvalue weighted by Crippen LogP contribution is -2.39. The molecule has 0 N–H and O–H groups in total. The van der Waals surface area contributed by atoms with E-state index < -0.39 is 11.8 Å². The Hall–Kier alpha value is -3.61. The van der Waals surface area contributed by atoms with Crippen molar-refractivity contribution in [3.63, 3.8) is 0 Å². The summed E-state index contributed by atoms with van der Waals surface area (Å²) in [5.74, 6) is 0.394. The summed E-state index contributed by atoms with van der Waals surface area (Å²) in [5.41, 5.74) is 3.78. The van der Waals surface area contributed by atoms with E-state index in [0.29, 0.717) is 35.6 Å². The number of ketones is 1. The van der Waals surface area contributed by atoms with Crippen LogP contribution in [0.2, 0.25) is 0 Å². The van der Waals surface area contributed by atoms with Crippen molar-refractivity contribution in [3.05, 3.63) is 64.9 Å². The third kappa shape index (κ3) is 4.94. The Morgan fingerprint density at radius 2 is 1.58 bits per heavy atom. The normalized spacial score (nSPS) is 23.5. The van der Waals surface area contributed by atoms with Gasteiger partial charge in [-0.3, -0.25) is 14.6 Å². The van der Waals surface area contributed by atoms with E-state index in [-0.39, 0.29) is 23.8 Å². The quantitative estimate of drug-likeness (QED) is 0.434. The molecule has 3 atom stereocenters. The molecule has 3 aliphatic rings. The standard InChI is InChI=1S/C31H35NO6/c1-18-28(31(34)38-22-7-5-6-8-22)29(24-17-23(36-3)13-14-27(24)37-4)30-25(32-18)15-20(16-26(30)33)19-9-11-21(35-2)12-10-19/h9-14,17,20,22,28-29H,5-8,15-16H2,1-4H3/t20-,28?,29+/m1/s1. The van der Waals surface area contributed by atoms with Crippen LogP contribution in [0, 0.1) is 5.92 Å². The van der Waals surface area contributed by atoms with Gasteiger partial charge < -0.3 is 18.9 Å². The van der Waals surface area contributed by atoms with Crippen LogP contribution < -0.4 is 14.2 Å². The maximum absolute atomic E-state index is 13.9. The van der Waals surface area contributed by atoms with E-state index in [0.717, 1.165) is 48.3 Å². The summed E-state index contributed by atoms with van der Waals surface area (Å²) >= 11 is 0. The Morgan fingerprint density at radius 1 is 0.895 bits per heavy atom. The van der Waals surface area contributed by atoms with Gasteiger partial charge >= 0.3 is 5.97 Å². The largest absolute Gasteiger partial charge is 0.497 e. The number of rotatable bonds is 7. The Morgan fingerprint density at radius 3 is 2.24 bits per heavy atom. The Labute approximate surface area is 223 Å². The molecule has 0 radical (unpaired) electrons. The molecule has 1 saturated carbocycles. The fourth-order valence-electron chi connectivity index (χ4n) is 6.14. The van der Waals surface area contributed by atoms with Gasteiger partial charge in [-0.15, -0.1) is 0 Å². The smallest absolute Gasteiger partial charge is 0.315 e. The van der Waals surface area contributed by atoms with Gasteiger partial charge in [0.05, 0.1) is 21.3 Å². The van der Waals surface area contributed by atoms with Gasteiger partial charge in [-0.05, 0) is 80.8 Å². The first kappa shape index (κ1) is 26.0. The second-order valence-corrected chi connectivity index (χ2v) is 10.3. The van der Waals surface area contributed by atoms with E-state index in [9.17, 15) is 9.59 Å². The molecule has 1 aliphatic heterocycles. The molecule has 2 aromatic rings. The van der Waals surface area contributed by atoms with Gasteiger partial charge in [0, 0.05) is 34.9 Å².